The number of rotatable bonds is 5. The summed E-state index contributed by atoms with van der Waals surface area (Å²) in [7, 11) is 0. The zero-order valence-electron chi connectivity index (χ0n) is 13.1. The number of unbranched alkanes of at least 4 members (excludes halogenated alkanes) is 2. The van der Waals surface area contributed by atoms with Gasteiger partial charge >= 0.3 is 0 Å². The standard InChI is InChI=1S/C18H23N3O/c1-2-3-5-10-17-20-16-11-12-19-13-15(16)18(22)21(17)14-8-6-4-7-9-14/h4,6-9,19H,2-3,5,10-13H2,1H3. The lowest BCUT2D eigenvalue weighted by molar-refractivity contribution is 0.593. The molecule has 1 N–H and O–H groups in total. The molecule has 1 aliphatic heterocycles. The summed E-state index contributed by atoms with van der Waals surface area (Å²) in [5.74, 6) is 0.908. The van der Waals surface area contributed by atoms with Gasteiger partial charge in [-0.25, -0.2) is 4.98 Å². The fourth-order valence-electron chi connectivity index (χ4n) is 3.00. The van der Waals surface area contributed by atoms with Crippen molar-refractivity contribution in [2.24, 2.45) is 0 Å². The van der Waals surface area contributed by atoms with Crippen LogP contribution in [0.1, 0.15) is 43.3 Å². The van der Waals surface area contributed by atoms with E-state index in [-0.39, 0.29) is 5.56 Å². The van der Waals surface area contributed by atoms with Crippen molar-refractivity contribution in [2.45, 2.75) is 45.6 Å². The minimum atomic E-state index is 0.0925. The summed E-state index contributed by atoms with van der Waals surface area (Å²) >= 11 is 0. The van der Waals surface area contributed by atoms with E-state index in [0.29, 0.717) is 6.54 Å². The maximum atomic E-state index is 13.0. The number of hydrogen-bond donors (Lipinski definition) is 1. The van der Waals surface area contributed by atoms with Crippen molar-refractivity contribution in [3.05, 3.63) is 57.8 Å². The van der Waals surface area contributed by atoms with Crippen LogP contribution in [0.3, 0.4) is 0 Å². The molecule has 1 aromatic carbocycles. The van der Waals surface area contributed by atoms with Crippen LogP contribution in [0.2, 0.25) is 0 Å². The van der Waals surface area contributed by atoms with Crippen LogP contribution in [-0.4, -0.2) is 16.1 Å². The first-order valence-corrected chi connectivity index (χ1v) is 8.21. The van der Waals surface area contributed by atoms with Gasteiger partial charge in [0.25, 0.3) is 5.56 Å². The minimum Gasteiger partial charge on any atom is -0.312 e. The van der Waals surface area contributed by atoms with Crippen LogP contribution < -0.4 is 10.9 Å². The van der Waals surface area contributed by atoms with Crippen molar-refractivity contribution < 1.29 is 0 Å². The lowest BCUT2D eigenvalue weighted by Gasteiger charge is -2.20. The number of benzene rings is 1. The van der Waals surface area contributed by atoms with Gasteiger partial charge in [0.2, 0.25) is 0 Å². The van der Waals surface area contributed by atoms with Crippen LogP contribution in [0.25, 0.3) is 5.69 Å². The summed E-state index contributed by atoms with van der Waals surface area (Å²) in [5.41, 5.74) is 2.83. The molecule has 0 fully saturated rings. The fourth-order valence-corrected chi connectivity index (χ4v) is 3.00. The van der Waals surface area contributed by atoms with Gasteiger partial charge in [-0.05, 0) is 18.6 Å². The Bertz CT molecular complexity index is 691. The van der Waals surface area contributed by atoms with Gasteiger partial charge in [-0.3, -0.25) is 9.36 Å². The molecule has 2 heterocycles. The van der Waals surface area contributed by atoms with Crippen LogP contribution in [-0.2, 0) is 19.4 Å². The molecule has 0 unspecified atom stereocenters. The first-order chi connectivity index (χ1) is 10.8. The molecule has 0 aliphatic carbocycles. The van der Waals surface area contributed by atoms with E-state index in [1.807, 2.05) is 34.9 Å². The van der Waals surface area contributed by atoms with Crippen molar-refractivity contribution in [3.63, 3.8) is 0 Å². The third-order valence-corrected chi connectivity index (χ3v) is 4.19. The molecule has 2 aromatic rings. The number of aromatic nitrogens is 2. The van der Waals surface area contributed by atoms with Crippen molar-refractivity contribution in [1.82, 2.24) is 14.9 Å². The van der Waals surface area contributed by atoms with Gasteiger partial charge in [-0.2, -0.15) is 0 Å². The molecule has 116 valence electrons. The number of nitrogens with zero attached hydrogens (tertiary/aromatic N) is 2. The smallest absolute Gasteiger partial charge is 0.262 e. The third kappa shape index (κ3) is 2.97. The predicted octanol–water partition coefficient (Wildman–Crippen LogP) is 2.61. The molecule has 0 saturated carbocycles. The van der Waals surface area contributed by atoms with E-state index in [2.05, 4.69) is 12.2 Å². The van der Waals surface area contributed by atoms with Gasteiger partial charge in [-0.15, -0.1) is 0 Å². The average Bonchev–Trinajstić information content (AvgIpc) is 2.56. The molecule has 4 heteroatoms. The largest absolute Gasteiger partial charge is 0.312 e. The maximum absolute atomic E-state index is 13.0. The average molecular weight is 297 g/mol. The quantitative estimate of drug-likeness (QED) is 0.863. The molecule has 0 saturated heterocycles. The Balaban J connectivity index is 2.10. The summed E-state index contributed by atoms with van der Waals surface area (Å²) in [6.45, 7) is 3.72. The number of hydrogen-bond acceptors (Lipinski definition) is 3. The monoisotopic (exact) mass is 297 g/mol. The van der Waals surface area contributed by atoms with Gasteiger partial charge in [-0.1, -0.05) is 38.0 Å². The molecular formula is C18H23N3O. The van der Waals surface area contributed by atoms with Gasteiger partial charge < -0.3 is 5.32 Å². The summed E-state index contributed by atoms with van der Waals surface area (Å²) in [5, 5.41) is 3.28. The zero-order valence-corrected chi connectivity index (χ0v) is 13.1. The van der Waals surface area contributed by atoms with E-state index in [1.165, 1.54) is 12.8 Å². The lowest BCUT2D eigenvalue weighted by Crippen LogP contribution is -2.36. The predicted molar refractivity (Wildman–Crippen MR) is 88.5 cm³/mol. The number of para-hydroxylation sites is 1. The minimum absolute atomic E-state index is 0.0925. The lowest BCUT2D eigenvalue weighted by atomic mass is 10.1. The van der Waals surface area contributed by atoms with Gasteiger partial charge in [0.15, 0.2) is 0 Å². The van der Waals surface area contributed by atoms with E-state index in [4.69, 9.17) is 4.98 Å². The van der Waals surface area contributed by atoms with Gasteiger partial charge in [0.1, 0.15) is 5.82 Å². The molecule has 0 atom stereocenters. The Morgan fingerprint density at radius 2 is 2.05 bits per heavy atom. The Labute approximate surface area is 131 Å². The van der Waals surface area contributed by atoms with E-state index < -0.39 is 0 Å². The van der Waals surface area contributed by atoms with Crippen molar-refractivity contribution in [3.8, 4) is 5.69 Å². The summed E-state index contributed by atoms with van der Waals surface area (Å²) in [6, 6.07) is 9.87. The molecule has 4 nitrogen and oxygen atoms in total. The highest BCUT2D eigenvalue weighted by atomic mass is 16.1. The number of nitrogens with one attached hydrogen (secondary N) is 1. The van der Waals surface area contributed by atoms with E-state index >= 15 is 0 Å². The first kappa shape index (κ1) is 15.0. The van der Waals surface area contributed by atoms with Crippen LogP contribution in [0, 0.1) is 0 Å². The molecular weight excluding hydrogens is 274 g/mol. The van der Waals surface area contributed by atoms with Crippen molar-refractivity contribution in [1.29, 1.82) is 0 Å². The Morgan fingerprint density at radius 3 is 2.82 bits per heavy atom. The summed E-state index contributed by atoms with van der Waals surface area (Å²) in [6.07, 6.45) is 5.13. The second-order valence-corrected chi connectivity index (χ2v) is 5.81. The van der Waals surface area contributed by atoms with Crippen LogP contribution in [0.5, 0.6) is 0 Å². The highest BCUT2D eigenvalue weighted by molar-refractivity contribution is 5.35. The van der Waals surface area contributed by atoms with Crippen molar-refractivity contribution >= 4 is 0 Å². The second-order valence-electron chi connectivity index (χ2n) is 5.81. The van der Waals surface area contributed by atoms with Gasteiger partial charge in [0.05, 0.1) is 16.9 Å². The van der Waals surface area contributed by atoms with E-state index in [1.54, 1.807) is 0 Å². The zero-order chi connectivity index (χ0) is 15.4. The third-order valence-electron chi connectivity index (χ3n) is 4.19. The first-order valence-electron chi connectivity index (χ1n) is 8.21. The highest BCUT2D eigenvalue weighted by Gasteiger charge is 2.19. The van der Waals surface area contributed by atoms with Crippen LogP contribution >= 0.6 is 0 Å². The molecule has 0 radical (unpaired) electrons. The molecule has 22 heavy (non-hydrogen) atoms. The van der Waals surface area contributed by atoms with E-state index in [0.717, 1.165) is 48.6 Å². The fraction of sp³-hybridized carbons (Fsp3) is 0.444. The number of fused-ring (bicyclic) bond motifs is 1. The summed E-state index contributed by atoms with van der Waals surface area (Å²) < 4.78 is 1.81. The van der Waals surface area contributed by atoms with Gasteiger partial charge in [0, 0.05) is 25.9 Å². The van der Waals surface area contributed by atoms with Crippen molar-refractivity contribution in [2.75, 3.05) is 6.54 Å². The van der Waals surface area contributed by atoms with Crippen LogP contribution in [0.4, 0.5) is 0 Å². The molecule has 3 rings (SSSR count). The number of aryl methyl sites for hydroxylation is 1. The molecule has 1 aliphatic rings. The Kier molecular flexibility index (Phi) is 4.68. The summed E-state index contributed by atoms with van der Waals surface area (Å²) in [4.78, 5) is 17.8. The Hall–Kier alpha value is -1.94. The topological polar surface area (TPSA) is 46.9 Å². The molecule has 0 spiro atoms. The van der Waals surface area contributed by atoms with Crippen LogP contribution in [0.15, 0.2) is 35.1 Å². The molecule has 0 bridgehead atoms. The normalized spacial score (nSPS) is 13.9. The molecule has 1 aromatic heterocycles. The SMILES string of the molecule is CCCCCc1nc2c(c(=O)n1-c1ccccc1)CNCC2. The molecule has 0 amide bonds. The maximum Gasteiger partial charge on any atom is 0.262 e. The second kappa shape index (κ2) is 6.88. The highest BCUT2D eigenvalue weighted by Crippen LogP contribution is 2.15. The Morgan fingerprint density at radius 1 is 1.23 bits per heavy atom. The van der Waals surface area contributed by atoms with E-state index in [9.17, 15) is 4.79 Å².